The number of benzene rings is 1. The molecule has 1 aromatic carbocycles. The SMILES string of the molecule is NC1CCCC(OCC2Cc3cc(F)ccc3O2)C1. The van der Waals surface area contributed by atoms with Gasteiger partial charge in [-0.2, -0.15) is 0 Å². The molecule has 1 aromatic rings. The Hall–Kier alpha value is -1.13. The van der Waals surface area contributed by atoms with Crippen LogP contribution in [0.3, 0.4) is 0 Å². The van der Waals surface area contributed by atoms with Crippen LogP contribution in [0.1, 0.15) is 31.2 Å². The van der Waals surface area contributed by atoms with Gasteiger partial charge in [0, 0.05) is 18.0 Å². The van der Waals surface area contributed by atoms with Gasteiger partial charge < -0.3 is 15.2 Å². The molecule has 0 aromatic heterocycles. The predicted molar refractivity (Wildman–Crippen MR) is 70.7 cm³/mol. The van der Waals surface area contributed by atoms with E-state index in [0.717, 1.165) is 43.4 Å². The molecular weight excluding hydrogens is 245 g/mol. The number of fused-ring (bicyclic) bond motifs is 1. The molecule has 1 fully saturated rings. The van der Waals surface area contributed by atoms with Gasteiger partial charge in [-0.25, -0.2) is 4.39 Å². The highest BCUT2D eigenvalue weighted by molar-refractivity contribution is 5.37. The van der Waals surface area contributed by atoms with Gasteiger partial charge in [0.05, 0.1) is 12.7 Å². The van der Waals surface area contributed by atoms with E-state index in [1.807, 2.05) is 0 Å². The average molecular weight is 265 g/mol. The van der Waals surface area contributed by atoms with Crippen LogP contribution < -0.4 is 10.5 Å². The molecular formula is C15H20FNO2. The molecule has 0 saturated heterocycles. The topological polar surface area (TPSA) is 44.5 Å². The van der Waals surface area contributed by atoms with E-state index in [0.29, 0.717) is 6.61 Å². The van der Waals surface area contributed by atoms with Gasteiger partial charge in [-0.3, -0.25) is 0 Å². The number of ether oxygens (including phenoxy) is 2. The van der Waals surface area contributed by atoms with Crippen LogP contribution in [0.2, 0.25) is 0 Å². The standard InChI is InChI=1S/C15H20FNO2/c16-11-4-5-15-10(6-11)7-14(19-15)9-18-13-3-1-2-12(17)8-13/h4-6,12-14H,1-3,7-9,17H2. The van der Waals surface area contributed by atoms with Gasteiger partial charge >= 0.3 is 0 Å². The first-order valence-electron chi connectivity index (χ1n) is 7.03. The lowest BCUT2D eigenvalue weighted by molar-refractivity contribution is -0.0134. The van der Waals surface area contributed by atoms with Crippen LogP contribution in [0.4, 0.5) is 4.39 Å². The van der Waals surface area contributed by atoms with Crippen molar-refractivity contribution in [1.29, 1.82) is 0 Å². The minimum atomic E-state index is -0.206. The normalized spacial score (nSPS) is 29.9. The second-order valence-electron chi connectivity index (χ2n) is 5.58. The van der Waals surface area contributed by atoms with Crippen molar-refractivity contribution in [3.8, 4) is 5.75 Å². The summed E-state index contributed by atoms with van der Waals surface area (Å²) in [7, 11) is 0. The summed E-state index contributed by atoms with van der Waals surface area (Å²) in [4.78, 5) is 0. The Morgan fingerprint density at radius 3 is 3.11 bits per heavy atom. The maximum absolute atomic E-state index is 13.1. The van der Waals surface area contributed by atoms with E-state index in [1.165, 1.54) is 6.07 Å². The number of rotatable bonds is 3. The van der Waals surface area contributed by atoms with Crippen molar-refractivity contribution in [2.45, 2.75) is 50.4 Å². The van der Waals surface area contributed by atoms with Crippen LogP contribution in [0.25, 0.3) is 0 Å². The van der Waals surface area contributed by atoms with Crippen molar-refractivity contribution in [3.63, 3.8) is 0 Å². The summed E-state index contributed by atoms with van der Waals surface area (Å²) in [5, 5.41) is 0. The van der Waals surface area contributed by atoms with E-state index in [1.54, 1.807) is 12.1 Å². The molecule has 2 N–H and O–H groups in total. The Kier molecular flexibility index (Phi) is 3.71. The van der Waals surface area contributed by atoms with E-state index in [2.05, 4.69) is 0 Å². The molecule has 3 nitrogen and oxygen atoms in total. The monoisotopic (exact) mass is 265 g/mol. The molecule has 3 unspecified atom stereocenters. The fraction of sp³-hybridized carbons (Fsp3) is 0.600. The number of hydrogen-bond donors (Lipinski definition) is 1. The Morgan fingerprint density at radius 1 is 1.37 bits per heavy atom. The Bertz CT molecular complexity index is 452. The van der Waals surface area contributed by atoms with Gasteiger partial charge in [-0.05, 0) is 43.9 Å². The van der Waals surface area contributed by atoms with Gasteiger partial charge in [-0.1, -0.05) is 0 Å². The van der Waals surface area contributed by atoms with E-state index in [4.69, 9.17) is 15.2 Å². The minimum absolute atomic E-state index is 0.00921. The zero-order valence-electron chi connectivity index (χ0n) is 11.0. The second-order valence-corrected chi connectivity index (χ2v) is 5.58. The summed E-state index contributed by atoms with van der Waals surface area (Å²) in [6, 6.07) is 4.95. The van der Waals surface area contributed by atoms with Gasteiger partial charge in [0.2, 0.25) is 0 Å². The van der Waals surface area contributed by atoms with Gasteiger partial charge in [-0.15, -0.1) is 0 Å². The lowest BCUT2D eigenvalue weighted by atomic mass is 9.93. The second kappa shape index (κ2) is 5.47. The van der Waals surface area contributed by atoms with Crippen molar-refractivity contribution in [2.24, 2.45) is 5.73 Å². The summed E-state index contributed by atoms with van der Waals surface area (Å²) < 4.78 is 24.8. The molecule has 1 saturated carbocycles. The van der Waals surface area contributed by atoms with Crippen molar-refractivity contribution >= 4 is 0 Å². The Labute approximate surface area is 112 Å². The van der Waals surface area contributed by atoms with Gasteiger partial charge in [0.1, 0.15) is 17.7 Å². The molecule has 1 aliphatic carbocycles. The maximum Gasteiger partial charge on any atom is 0.126 e. The molecule has 3 atom stereocenters. The lowest BCUT2D eigenvalue weighted by Gasteiger charge is -2.27. The van der Waals surface area contributed by atoms with E-state index < -0.39 is 0 Å². The molecule has 4 heteroatoms. The van der Waals surface area contributed by atoms with E-state index in [-0.39, 0.29) is 24.1 Å². The summed E-state index contributed by atoms with van der Waals surface area (Å²) in [6.07, 6.45) is 5.26. The third-order valence-corrected chi connectivity index (χ3v) is 3.95. The number of hydrogen-bond acceptors (Lipinski definition) is 3. The zero-order valence-corrected chi connectivity index (χ0v) is 11.0. The summed E-state index contributed by atoms with van der Waals surface area (Å²) in [6.45, 7) is 0.563. The van der Waals surface area contributed by atoms with Crippen LogP contribution in [0, 0.1) is 5.82 Å². The van der Waals surface area contributed by atoms with Crippen molar-refractivity contribution < 1.29 is 13.9 Å². The summed E-state index contributed by atoms with van der Waals surface area (Å²) in [5.41, 5.74) is 6.88. The predicted octanol–water partition coefficient (Wildman–Crippen LogP) is 2.42. The van der Waals surface area contributed by atoms with Crippen LogP contribution in [0.5, 0.6) is 5.75 Å². The van der Waals surface area contributed by atoms with Crippen molar-refractivity contribution in [3.05, 3.63) is 29.6 Å². The first-order valence-corrected chi connectivity index (χ1v) is 7.03. The van der Waals surface area contributed by atoms with E-state index in [9.17, 15) is 4.39 Å². The van der Waals surface area contributed by atoms with Crippen LogP contribution in [0.15, 0.2) is 18.2 Å². The fourth-order valence-electron chi connectivity index (χ4n) is 2.96. The molecule has 0 bridgehead atoms. The summed E-state index contributed by atoms with van der Waals surface area (Å²) >= 11 is 0. The highest BCUT2D eigenvalue weighted by Gasteiger charge is 2.26. The molecule has 19 heavy (non-hydrogen) atoms. The maximum atomic E-state index is 13.1. The highest BCUT2D eigenvalue weighted by Crippen LogP contribution is 2.30. The Morgan fingerprint density at radius 2 is 2.26 bits per heavy atom. The zero-order chi connectivity index (χ0) is 13.2. The molecule has 0 amide bonds. The smallest absolute Gasteiger partial charge is 0.126 e. The molecule has 0 spiro atoms. The molecule has 1 heterocycles. The average Bonchev–Trinajstić information content (AvgIpc) is 2.78. The number of halogens is 1. The first-order chi connectivity index (χ1) is 9.20. The van der Waals surface area contributed by atoms with Gasteiger partial charge in [0.25, 0.3) is 0 Å². The van der Waals surface area contributed by atoms with Crippen molar-refractivity contribution in [1.82, 2.24) is 0 Å². The van der Waals surface area contributed by atoms with Crippen LogP contribution >= 0.6 is 0 Å². The summed E-state index contributed by atoms with van der Waals surface area (Å²) in [5.74, 6) is 0.581. The third kappa shape index (κ3) is 3.07. The van der Waals surface area contributed by atoms with Crippen molar-refractivity contribution in [2.75, 3.05) is 6.61 Å². The molecule has 2 aliphatic rings. The highest BCUT2D eigenvalue weighted by atomic mass is 19.1. The first kappa shape index (κ1) is 12.9. The quantitative estimate of drug-likeness (QED) is 0.912. The van der Waals surface area contributed by atoms with Crippen LogP contribution in [-0.4, -0.2) is 24.9 Å². The number of nitrogens with two attached hydrogens (primary N) is 1. The van der Waals surface area contributed by atoms with Crippen LogP contribution in [-0.2, 0) is 11.2 Å². The third-order valence-electron chi connectivity index (χ3n) is 3.95. The lowest BCUT2D eigenvalue weighted by Crippen LogP contribution is -2.34. The van der Waals surface area contributed by atoms with E-state index >= 15 is 0 Å². The largest absolute Gasteiger partial charge is 0.487 e. The minimum Gasteiger partial charge on any atom is -0.487 e. The molecule has 1 aliphatic heterocycles. The Balaban J connectivity index is 1.50. The molecule has 3 rings (SSSR count). The van der Waals surface area contributed by atoms with Gasteiger partial charge in [0.15, 0.2) is 0 Å². The molecule has 0 radical (unpaired) electrons. The fourth-order valence-corrected chi connectivity index (χ4v) is 2.96. The molecule has 104 valence electrons.